The van der Waals surface area contributed by atoms with Gasteiger partial charge in [0.15, 0.2) is 0 Å². The van der Waals surface area contributed by atoms with Crippen molar-refractivity contribution in [3.63, 3.8) is 0 Å². The summed E-state index contributed by atoms with van der Waals surface area (Å²) in [5, 5.41) is 3.79. The SMILES string of the molecule is CC1(CNS(=O)(=O)c2ccc(Cl)cc2Br)CCNCC1.Cl. The van der Waals surface area contributed by atoms with Crippen LogP contribution in [0.1, 0.15) is 19.8 Å². The number of nitrogens with one attached hydrogen (secondary N) is 2. The molecule has 0 atom stereocenters. The van der Waals surface area contributed by atoms with Crippen LogP contribution in [-0.2, 0) is 10.0 Å². The molecule has 1 heterocycles. The summed E-state index contributed by atoms with van der Waals surface area (Å²) in [6.07, 6.45) is 1.94. The lowest BCUT2D eigenvalue weighted by molar-refractivity contribution is 0.232. The molecular formula is C13H19BrCl2N2O2S. The van der Waals surface area contributed by atoms with Crippen LogP contribution >= 0.6 is 39.9 Å². The van der Waals surface area contributed by atoms with Crippen molar-refractivity contribution in [2.24, 2.45) is 5.41 Å². The highest BCUT2D eigenvalue weighted by Gasteiger charge is 2.29. The van der Waals surface area contributed by atoms with E-state index in [1.165, 1.54) is 6.07 Å². The summed E-state index contributed by atoms with van der Waals surface area (Å²) < 4.78 is 27.9. The Kier molecular flexibility index (Phi) is 6.96. The van der Waals surface area contributed by atoms with Gasteiger partial charge in [-0.05, 0) is 65.5 Å². The van der Waals surface area contributed by atoms with E-state index in [1.807, 2.05) is 0 Å². The molecule has 0 spiro atoms. The smallest absolute Gasteiger partial charge is 0.241 e. The van der Waals surface area contributed by atoms with E-state index in [1.54, 1.807) is 12.1 Å². The number of rotatable bonds is 4. The second kappa shape index (κ2) is 7.62. The quantitative estimate of drug-likeness (QED) is 0.790. The van der Waals surface area contributed by atoms with E-state index in [0.29, 0.717) is 16.0 Å². The molecule has 120 valence electrons. The summed E-state index contributed by atoms with van der Waals surface area (Å²) in [4.78, 5) is 0.222. The summed E-state index contributed by atoms with van der Waals surface area (Å²) >= 11 is 9.08. The molecule has 0 aliphatic carbocycles. The number of hydrogen-bond donors (Lipinski definition) is 2. The number of benzene rings is 1. The Hall–Kier alpha value is 0.150. The molecule has 21 heavy (non-hydrogen) atoms. The van der Waals surface area contributed by atoms with Crippen molar-refractivity contribution in [2.75, 3.05) is 19.6 Å². The van der Waals surface area contributed by atoms with Crippen molar-refractivity contribution in [1.82, 2.24) is 10.0 Å². The van der Waals surface area contributed by atoms with E-state index < -0.39 is 10.0 Å². The van der Waals surface area contributed by atoms with Crippen LogP contribution in [-0.4, -0.2) is 28.1 Å². The lowest BCUT2D eigenvalue weighted by Gasteiger charge is -2.34. The van der Waals surface area contributed by atoms with Gasteiger partial charge in [-0.3, -0.25) is 0 Å². The van der Waals surface area contributed by atoms with Crippen molar-refractivity contribution >= 4 is 50.0 Å². The Morgan fingerprint density at radius 1 is 1.38 bits per heavy atom. The monoisotopic (exact) mass is 416 g/mol. The largest absolute Gasteiger partial charge is 0.317 e. The maximum atomic E-state index is 12.3. The van der Waals surface area contributed by atoms with Crippen molar-refractivity contribution in [2.45, 2.75) is 24.7 Å². The topological polar surface area (TPSA) is 58.2 Å². The Morgan fingerprint density at radius 3 is 2.57 bits per heavy atom. The fourth-order valence-electron chi connectivity index (χ4n) is 2.25. The van der Waals surface area contributed by atoms with Crippen molar-refractivity contribution in [3.8, 4) is 0 Å². The number of hydrogen-bond acceptors (Lipinski definition) is 3. The first kappa shape index (κ1) is 19.2. The highest BCUT2D eigenvalue weighted by Crippen LogP contribution is 2.29. The molecule has 4 nitrogen and oxygen atoms in total. The summed E-state index contributed by atoms with van der Waals surface area (Å²) in [7, 11) is -3.52. The first-order chi connectivity index (χ1) is 9.32. The fraction of sp³-hybridized carbons (Fsp3) is 0.538. The van der Waals surface area contributed by atoms with E-state index in [0.717, 1.165) is 25.9 Å². The van der Waals surface area contributed by atoms with Crippen molar-refractivity contribution < 1.29 is 8.42 Å². The molecule has 0 saturated carbocycles. The average Bonchev–Trinajstić information content (AvgIpc) is 2.37. The molecule has 0 radical (unpaired) electrons. The average molecular weight is 418 g/mol. The second-order valence-electron chi connectivity index (χ2n) is 5.46. The van der Waals surface area contributed by atoms with Gasteiger partial charge < -0.3 is 5.32 Å². The molecule has 2 N–H and O–H groups in total. The highest BCUT2D eigenvalue weighted by molar-refractivity contribution is 9.10. The summed E-state index contributed by atoms with van der Waals surface area (Å²) in [6.45, 7) is 4.44. The van der Waals surface area contributed by atoms with Gasteiger partial charge in [-0.1, -0.05) is 18.5 Å². The molecule has 1 aromatic rings. The van der Waals surface area contributed by atoms with Crippen molar-refractivity contribution in [1.29, 1.82) is 0 Å². The van der Waals surface area contributed by atoms with Gasteiger partial charge in [0.2, 0.25) is 10.0 Å². The van der Waals surface area contributed by atoms with Crippen LogP contribution in [0.2, 0.25) is 5.02 Å². The van der Waals surface area contributed by atoms with E-state index in [-0.39, 0.29) is 22.7 Å². The molecule has 1 aliphatic heterocycles. The lowest BCUT2D eigenvalue weighted by Crippen LogP contribution is -2.42. The molecule has 0 unspecified atom stereocenters. The zero-order valence-electron chi connectivity index (χ0n) is 11.7. The van der Waals surface area contributed by atoms with Crippen LogP contribution in [0.4, 0.5) is 0 Å². The number of sulfonamides is 1. The molecule has 2 rings (SSSR count). The lowest BCUT2D eigenvalue weighted by atomic mass is 9.81. The maximum Gasteiger partial charge on any atom is 0.241 e. The first-order valence-electron chi connectivity index (χ1n) is 6.48. The molecule has 1 saturated heterocycles. The van der Waals surface area contributed by atoms with Crippen LogP contribution in [0.3, 0.4) is 0 Å². The van der Waals surface area contributed by atoms with Gasteiger partial charge in [-0.25, -0.2) is 13.1 Å². The predicted molar refractivity (Wildman–Crippen MR) is 91.8 cm³/mol. The highest BCUT2D eigenvalue weighted by atomic mass is 79.9. The van der Waals surface area contributed by atoms with Gasteiger partial charge in [0.25, 0.3) is 0 Å². The molecule has 1 aliphatic rings. The van der Waals surface area contributed by atoms with E-state index in [2.05, 4.69) is 32.9 Å². The van der Waals surface area contributed by atoms with E-state index in [4.69, 9.17) is 11.6 Å². The number of piperidine rings is 1. The molecule has 1 aromatic carbocycles. The minimum Gasteiger partial charge on any atom is -0.317 e. The standard InChI is InChI=1S/C13H18BrClN2O2S.ClH/c1-13(4-6-16-7-5-13)9-17-20(18,19)12-3-2-10(15)8-11(12)14;/h2-3,8,16-17H,4-7,9H2,1H3;1H. The summed E-state index contributed by atoms with van der Waals surface area (Å²) in [6, 6.07) is 4.68. The molecule has 0 amide bonds. The Bertz CT molecular complexity index is 590. The minimum absolute atomic E-state index is 0. The predicted octanol–water partition coefficient (Wildman–Crippen LogP) is 3.19. The molecule has 8 heteroatoms. The van der Waals surface area contributed by atoms with Gasteiger partial charge in [0, 0.05) is 16.0 Å². The second-order valence-corrected chi connectivity index (χ2v) is 8.49. The minimum atomic E-state index is -3.52. The van der Waals surface area contributed by atoms with Gasteiger partial charge in [-0.15, -0.1) is 12.4 Å². The summed E-state index contributed by atoms with van der Waals surface area (Å²) in [5.74, 6) is 0. The van der Waals surface area contributed by atoms with Crippen molar-refractivity contribution in [3.05, 3.63) is 27.7 Å². The van der Waals surface area contributed by atoms with Crippen LogP contribution in [0, 0.1) is 5.41 Å². The van der Waals surface area contributed by atoms with Gasteiger partial charge in [-0.2, -0.15) is 0 Å². The number of halogens is 3. The third-order valence-corrected chi connectivity index (χ3v) is 6.30. The molecular weight excluding hydrogens is 399 g/mol. The normalized spacial score (nSPS) is 18.0. The zero-order valence-corrected chi connectivity index (χ0v) is 15.6. The fourth-order valence-corrected chi connectivity index (χ4v) is 4.83. The molecule has 1 fully saturated rings. The van der Waals surface area contributed by atoms with Crippen LogP contribution in [0.5, 0.6) is 0 Å². The molecule has 0 aromatic heterocycles. The van der Waals surface area contributed by atoms with Gasteiger partial charge in [0.1, 0.15) is 0 Å². The third kappa shape index (κ3) is 5.08. The Balaban J connectivity index is 0.00000220. The third-order valence-electron chi connectivity index (χ3n) is 3.68. The Labute approximate surface area is 145 Å². The van der Waals surface area contributed by atoms with E-state index >= 15 is 0 Å². The summed E-state index contributed by atoms with van der Waals surface area (Å²) in [5.41, 5.74) is 0.0111. The van der Waals surface area contributed by atoms with Crippen LogP contribution in [0.25, 0.3) is 0 Å². The van der Waals surface area contributed by atoms with Crippen LogP contribution < -0.4 is 10.0 Å². The maximum absolute atomic E-state index is 12.3. The zero-order chi connectivity index (χ0) is 14.8. The van der Waals surface area contributed by atoms with Gasteiger partial charge in [0.05, 0.1) is 4.90 Å². The van der Waals surface area contributed by atoms with Crippen LogP contribution in [0.15, 0.2) is 27.6 Å². The Morgan fingerprint density at radius 2 is 2.00 bits per heavy atom. The van der Waals surface area contributed by atoms with Gasteiger partial charge >= 0.3 is 0 Å². The first-order valence-corrected chi connectivity index (χ1v) is 9.13. The molecule has 0 bridgehead atoms. The van der Waals surface area contributed by atoms with E-state index in [9.17, 15) is 8.42 Å².